The number of ether oxygens (including phenoxy) is 1. The van der Waals surface area contributed by atoms with Crippen LogP contribution in [0.2, 0.25) is 0 Å². The van der Waals surface area contributed by atoms with Crippen LogP contribution in [0, 0.1) is 6.45 Å². The largest absolute Gasteiger partial charge is 0.496 e. The number of carbonyl (C=O) groups is 1. The van der Waals surface area contributed by atoms with Gasteiger partial charge in [-0.05, 0) is 23.6 Å². The van der Waals surface area contributed by atoms with E-state index in [-0.39, 0.29) is 21.2 Å². The smallest absolute Gasteiger partial charge is 0.369 e. The summed E-state index contributed by atoms with van der Waals surface area (Å²) in [6.07, 6.45) is 0.848. The minimum absolute atomic E-state index is 0.171. The van der Waals surface area contributed by atoms with E-state index < -0.39 is 0 Å². The Bertz CT molecular complexity index is 480. The van der Waals surface area contributed by atoms with Gasteiger partial charge in [-0.15, -0.1) is 0 Å². The molecule has 0 atom stereocenters. The fourth-order valence-corrected chi connectivity index (χ4v) is 5.04. The van der Waals surface area contributed by atoms with Gasteiger partial charge in [0.25, 0.3) is 0 Å². The average molecular weight is 345 g/mol. The van der Waals surface area contributed by atoms with Gasteiger partial charge in [-0.25, -0.2) is 0 Å². The number of hydrogen-bond acceptors (Lipinski definition) is 3. The molecule has 0 amide bonds. The van der Waals surface area contributed by atoms with Crippen molar-refractivity contribution in [3.8, 4) is 5.75 Å². The Balaban J connectivity index is 2.26. The fraction of sp³-hybridized carbons (Fsp3) is 0.0833. The van der Waals surface area contributed by atoms with Gasteiger partial charge in [-0.2, -0.15) is 0 Å². The molecule has 0 bridgehead atoms. The van der Waals surface area contributed by atoms with Gasteiger partial charge in [0.2, 0.25) is 2.88 Å². The molecule has 0 aliphatic heterocycles. The van der Waals surface area contributed by atoms with Crippen molar-refractivity contribution >= 4 is 17.6 Å². The zero-order valence-corrected chi connectivity index (χ0v) is 11.6. The molecule has 16 heavy (non-hydrogen) atoms. The molecule has 1 heterocycles. The van der Waals surface area contributed by atoms with Crippen molar-refractivity contribution in [3.05, 3.63) is 47.7 Å². The van der Waals surface area contributed by atoms with E-state index in [1.165, 1.54) is 6.45 Å². The highest BCUT2D eigenvalue weighted by Crippen LogP contribution is 2.14. The second-order valence-corrected chi connectivity index (χ2v) is 7.64. The molecular formula is C12H10IO2S+. The number of benzene rings is 1. The van der Waals surface area contributed by atoms with Crippen molar-refractivity contribution in [1.82, 2.24) is 0 Å². The number of carbonyl (C=O) groups excluding carboxylic acids is 1. The topological polar surface area (TPSA) is 26.3 Å². The van der Waals surface area contributed by atoms with Crippen LogP contribution in [0.1, 0.15) is 10.4 Å². The predicted molar refractivity (Wildman–Crippen MR) is 60.1 cm³/mol. The minimum Gasteiger partial charge on any atom is -0.496 e. The number of methoxy groups -OCH3 is 1. The predicted octanol–water partition coefficient (Wildman–Crippen LogP) is -0.302. The molecule has 0 fully saturated rings. The van der Waals surface area contributed by atoms with Crippen LogP contribution in [0.15, 0.2) is 35.7 Å². The molecular weight excluding hydrogens is 335 g/mol. The Hall–Kier alpha value is -0.880. The van der Waals surface area contributed by atoms with Crippen LogP contribution in [0.5, 0.6) is 5.75 Å². The maximum absolute atomic E-state index is 10.9. The van der Waals surface area contributed by atoms with Gasteiger partial charge in [0.15, 0.2) is 9.86 Å². The van der Waals surface area contributed by atoms with Crippen LogP contribution in [-0.4, -0.2) is 13.4 Å². The summed E-state index contributed by atoms with van der Waals surface area (Å²) in [5, 5.41) is 2.08. The van der Waals surface area contributed by atoms with Crippen LogP contribution in [0.4, 0.5) is 0 Å². The second kappa shape index (κ2) is 5.45. The molecule has 0 unspecified atom stereocenters. The first-order valence-electron chi connectivity index (χ1n) is 4.65. The lowest BCUT2D eigenvalue weighted by Gasteiger charge is -2.00. The van der Waals surface area contributed by atoms with Gasteiger partial charge in [0.05, 0.1) is 12.7 Å². The van der Waals surface area contributed by atoms with Crippen LogP contribution in [0.25, 0.3) is 0 Å². The molecule has 1 aromatic heterocycles. The van der Waals surface area contributed by atoms with Crippen molar-refractivity contribution in [3.63, 3.8) is 0 Å². The molecule has 82 valence electrons. The van der Waals surface area contributed by atoms with Crippen LogP contribution < -0.4 is 25.9 Å². The number of rotatable bonds is 4. The number of aldehydes is 1. The first-order valence-corrected chi connectivity index (χ1v) is 7.69. The van der Waals surface area contributed by atoms with Crippen molar-refractivity contribution in [2.45, 2.75) is 0 Å². The van der Waals surface area contributed by atoms with Crippen LogP contribution >= 0.6 is 11.3 Å². The van der Waals surface area contributed by atoms with E-state index in [0.29, 0.717) is 11.3 Å². The van der Waals surface area contributed by atoms with E-state index in [1.54, 1.807) is 18.4 Å². The monoisotopic (exact) mass is 345 g/mol. The highest BCUT2D eigenvalue weighted by Gasteiger charge is 2.18. The first kappa shape index (κ1) is 11.6. The third-order valence-corrected chi connectivity index (χ3v) is 6.13. The van der Waals surface area contributed by atoms with Gasteiger partial charge in [0, 0.05) is 12.1 Å². The number of halogens is 1. The summed E-state index contributed by atoms with van der Waals surface area (Å²) in [6.45, 7) is 0. The van der Waals surface area contributed by atoms with Gasteiger partial charge in [-0.3, -0.25) is 4.79 Å². The van der Waals surface area contributed by atoms with Gasteiger partial charge in [-0.1, -0.05) is 11.3 Å². The third kappa shape index (κ3) is 2.62. The second-order valence-electron chi connectivity index (χ2n) is 3.02. The van der Waals surface area contributed by atoms with Gasteiger partial charge in [0.1, 0.15) is 5.75 Å². The van der Waals surface area contributed by atoms with Gasteiger partial charge < -0.3 is 4.74 Å². The number of thiophene rings is 1. The van der Waals surface area contributed by atoms with E-state index >= 15 is 0 Å². The molecule has 1 aromatic carbocycles. The van der Waals surface area contributed by atoms with Gasteiger partial charge >= 0.3 is 21.2 Å². The molecule has 0 saturated carbocycles. The summed E-state index contributed by atoms with van der Waals surface area (Å²) in [7, 11) is 1.58. The standard InChI is InChI=1S/C12H10IO2S/c1-15-11-5-4-10(7-9(11)8-14)13-12-3-2-6-16-12/h2-8H,1H3/q+1. The van der Waals surface area contributed by atoms with Crippen molar-refractivity contribution in [2.75, 3.05) is 7.11 Å². The maximum atomic E-state index is 10.9. The van der Waals surface area contributed by atoms with Crippen LogP contribution in [-0.2, 0) is 0 Å². The highest BCUT2D eigenvalue weighted by molar-refractivity contribution is 7.07. The zero-order valence-electron chi connectivity index (χ0n) is 8.64. The molecule has 0 radical (unpaired) electrons. The summed E-state index contributed by atoms with van der Waals surface area (Å²) in [6, 6.07) is 10.0. The molecule has 2 rings (SSSR count). The molecule has 0 N–H and O–H groups in total. The molecule has 2 nitrogen and oxygen atoms in total. The minimum atomic E-state index is -0.171. The fourth-order valence-electron chi connectivity index (χ4n) is 1.28. The summed E-state index contributed by atoms with van der Waals surface area (Å²) >= 11 is 1.60. The van der Waals surface area contributed by atoms with E-state index in [9.17, 15) is 4.79 Å². The van der Waals surface area contributed by atoms with Crippen molar-refractivity contribution < 1.29 is 30.7 Å². The van der Waals surface area contributed by atoms with E-state index in [1.807, 2.05) is 18.2 Å². The molecule has 2 aromatic rings. The Morgan fingerprint density at radius 1 is 1.38 bits per heavy atom. The summed E-state index contributed by atoms with van der Waals surface area (Å²) in [4.78, 5) is 10.9. The lowest BCUT2D eigenvalue weighted by Crippen LogP contribution is -3.61. The van der Waals surface area contributed by atoms with Crippen molar-refractivity contribution in [1.29, 1.82) is 0 Å². The summed E-state index contributed by atoms with van der Waals surface area (Å²) in [5.74, 6) is 0.647. The molecule has 0 aliphatic rings. The number of hydrogen-bond donors (Lipinski definition) is 0. The Morgan fingerprint density at radius 2 is 2.25 bits per heavy atom. The van der Waals surface area contributed by atoms with E-state index in [2.05, 4.69) is 17.5 Å². The Morgan fingerprint density at radius 3 is 2.88 bits per heavy atom. The summed E-state index contributed by atoms with van der Waals surface area (Å²) in [5.41, 5.74) is 0.635. The lowest BCUT2D eigenvalue weighted by molar-refractivity contribution is -0.591. The molecule has 0 saturated heterocycles. The quantitative estimate of drug-likeness (QED) is 0.562. The van der Waals surface area contributed by atoms with E-state index in [4.69, 9.17) is 4.74 Å². The third-order valence-electron chi connectivity index (χ3n) is 2.01. The van der Waals surface area contributed by atoms with E-state index in [0.717, 1.165) is 6.29 Å². The first-order chi connectivity index (χ1) is 7.83. The maximum Gasteiger partial charge on any atom is 0.369 e. The lowest BCUT2D eigenvalue weighted by atomic mass is 10.2. The normalized spacial score (nSPS) is 10.1. The average Bonchev–Trinajstić information content (AvgIpc) is 2.81. The molecule has 0 spiro atoms. The Labute approximate surface area is 109 Å². The SMILES string of the molecule is COc1ccc([I+]c2cccs2)cc1C=O. The highest BCUT2D eigenvalue weighted by atomic mass is 127. The molecule has 4 heteroatoms. The zero-order chi connectivity index (χ0) is 11.4. The Kier molecular flexibility index (Phi) is 3.95. The summed E-state index contributed by atoms with van der Waals surface area (Å²) < 4.78 is 7.75. The van der Waals surface area contributed by atoms with Crippen LogP contribution in [0.3, 0.4) is 0 Å². The van der Waals surface area contributed by atoms with Crippen molar-refractivity contribution in [2.24, 2.45) is 0 Å². The molecule has 0 aliphatic carbocycles.